The number of aromatic hydroxyl groups is 1. The van der Waals surface area contributed by atoms with E-state index in [1.165, 1.54) is 30.5 Å². The molecule has 0 aliphatic carbocycles. The van der Waals surface area contributed by atoms with Crippen LogP contribution in [0.5, 0.6) is 5.75 Å². The molecular weight excluding hydrogens is 455 g/mol. The van der Waals surface area contributed by atoms with Crippen LogP contribution in [-0.4, -0.2) is 21.8 Å². The van der Waals surface area contributed by atoms with Gasteiger partial charge in [0.1, 0.15) is 5.75 Å². The van der Waals surface area contributed by atoms with Gasteiger partial charge in [0.25, 0.3) is 5.91 Å². The van der Waals surface area contributed by atoms with E-state index in [9.17, 15) is 23.1 Å². The number of fused-ring (bicyclic) bond motifs is 1. The fourth-order valence-electron chi connectivity index (χ4n) is 3.36. The molecule has 2 N–H and O–H groups in total. The number of nitrogens with one attached hydrogen (secondary N) is 1. The van der Waals surface area contributed by atoms with E-state index in [2.05, 4.69) is 10.5 Å². The summed E-state index contributed by atoms with van der Waals surface area (Å²) >= 11 is 5.80. The lowest BCUT2D eigenvalue weighted by atomic mass is 10.1. The van der Waals surface area contributed by atoms with Crippen molar-refractivity contribution in [3.05, 3.63) is 100 Å². The molecule has 0 saturated heterocycles. The van der Waals surface area contributed by atoms with Crippen LogP contribution in [0.15, 0.2) is 78.0 Å². The summed E-state index contributed by atoms with van der Waals surface area (Å²) in [5.74, 6) is -0.605. The van der Waals surface area contributed by atoms with Gasteiger partial charge in [0.2, 0.25) is 0 Å². The van der Waals surface area contributed by atoms with Gasteiger partial charge in [-0.2, -0.15) is 18.3 Å². The number of phenolic OH excluding ortho intramolecular Hbond substituents is 1. The van der Waals surface area contributed by atoms with Gasteiger partial charge in [-0.3, -0.25) is 4.79 Å². The van der Waals surface area contributed by atoms with Gasteiger partial charge in [0, 0.05) is 29.2 Å². The number of benzene rings is 3. The van der Waals surface area contributed by atoms with E-state index in [1.807, 2.05) is 29.0 Å². The lowest BCUT2D eigenvalue weighted by Gasteiger charge is -2.10. The minimum absolute atomic E-state index is 0.0618. The molecule has 5 nitrogen and oxygen atoms in total. The van der Waals surface area contributed by atoms with Crippen LogP contribution in [0.3, 0.4) is 0 Å². The predicted octanol–water partition coefficient (Wildman–Crippen LogP) is 5.83. The highest BCUT2D eigenvalue weighted by molar-refractivity contribution is 6.32. The number of aromatic nitrogens is 1. The van der Waals surface area contributed by atoms with Crippen molar-refractivity contribution in [3.8, 4) is 5.75 Å². The van der Waals surface area contributed by atoms with Gasteiger partial charge in [-0.15, -0.1) is 0 Å². The number of nitrogens with zero attached hydrogens (tertiary/aromatic N) is 2. The minimum atomic E-state index is -4.38. The van der Waals surface area contributed by atoms with Crippen LogP contribution in [0.4, 0.5) is 13.2 Å². The number of hydrazone groups is 1. The first kappa shape index (κ1) is 22.4. The fourth-order valence-corrected chi connectivity index (χ4v) is 3.54. The van der Waals surface area contributed by atoms with Gasteiger partial charge < -0.3 is 9.67 Å². The average Bonchev–Trinajstić information content (AvgIpc) is 3.17. The molecule has 0 aliphatic rings. The SMILES string of the molecule is O=C(N/N=C/c1ccc2c(ccn2Cc2cccc(C(F)(F)F)c2)c1)c1ccc(O)c(Cl)c1. The second-order valence-corrected chi connectivity index (χ2v) is 7.73. The molecule has 0 radical (unpaired) electrons. The molecule has 0 saturated carbocycles. The second kappa shape index (κ2) is 8.99. The summed E-state index contributed by atoms with van der Waals surface area (Å²) in [5.41, 5.74) is 4.09. The van der Waals surface area contributed by atoms with Gasteiger partial charge in [-0.1, -0.05) is 29.8 Å². The van der Waals surface area contributed by atoms with Gasteiger partial charge in [-0.25, -0.2) is 5.43 Å². The monoisotopic (exact) mass is 471 g/mol. The summed E-state index contributed by atoms with van der Waals surface area (Å²) in [5, 5.41) is 14.3. The van der Waals surface area contributed by atoms with E-state index in [1.54, 1.807) is 12.1 Å². The molecule has 0 fully saturated rings. The van der Waals surface area contributed by atoms with Crippen molar-refractivity contribution in [2.75, 3.05) is 0 Å². The van der Waals surface area contributed by atoms with Crippen LogP contribution in [0.25, 0.3) is 10.9 Å². The number of alkyl halides is 3. The number of hydrogen-bond donors (Lipinski definition) is 2. The van der Waals surface area contributed by atoms with Crippen LogP contribution in [0.2, 0.25) is 5.02 Å². The van der Waals surface area contributed by atoms with Gasteiger partial charge in [-0.05, 0) is 59.7 Å². The molecule has 4 rings (SSSR count). The largest absolute Gasteiger partial charge is 0.506 e. The first-order valence-corrected chi connectivity index (χ1v) is 10.2. The first-order valence-electron chi connectivity index (χ1n) is 9.78. The van der Waals surface area contributed by atoms with E-state index in [0.29, 0.717) is 12.1 Å². The van der Waals surface area contributed by atoms with Crippen LogP contribution < -0.4 is 5.43 Å². The summed E-state index contributed by atoms with van der Waals surface area (Å²) < 4.78 is 40.8. The Morgan fingerprint density at radius 2 is 1.91 bits per heavy atom. The molecule has 0 aliphatic heterocycles. The Labute approximate surface area is 191 Å². The van der Waals surface area contributed by atoms with Crippen molar-refractivity contribution < 1.29 is 23.1 Å². The maximum atomic E-state index is 13.0. The van der Waals surface area contributed by atoms with Crippen molar-refractivity contribution in [1.82, 2.24) is 9.99 Å². The topological polar surface area (TPSA) is 66.6 Å². The zero-order chi connectivity index (χ0) is 23.6. The molecule has 4 aromatic rings. The smallest absolute Gasteiger partial charge is 0.416 e. The van der Waals surface area contributed by atoms with E-state index in [0.717, 1.165) is 28.6 Å². The van der Waals surface area contributed by atoms with E-state index < -0.39 is 17.6 Å². The molecule has 0 bridgehead atoms. The fraction of sp³-hybridized carbons (Fsp3) is 0.0833. The third-order valence-corrected chi connectivity index (χ3v) is 5.29. The summed E-state index contributed by atoms with van der Waals surface area (Å²) in [6, 6.07) is 16.7. The molecule has 1 heterocycles. The third kappa shape index (κ3) is 5.18. The van der Waals surface area contributed by atoms with Gasteiger partial charge in [0.05, 0.1) is 16.8 Å². The maximum absolute atomic E-state index is 13.0. The summed E-state index contributed by atoms with van der Waals surface area (Å²) in [7, 11) is 0. The molecule has 33 heavy (non-hydrogen) atoms. The summed E-state index contributed by atoms with van der Waals surface area (Å²) in [4.78, 5) is 12.1. The normalized spacial score (nSPS) is 11.9. The Hall–Kier alpha value is -3.78. The Kier molecular flexibility index (Phi) is 6.11. The standard InChI is InChI=1S/C24H17ClF3N3O2/c25-20-12-18(5-7-22(20)32)23(33)30-29-13-15-4-6-21-17(10-15)8-9-31(21)14-16-2-1-3-19(11-16)24(26,27)28/h1-13,32H,14H2,(H,30,33)/b29-13+. The number of phenols is 1. The quantitative estimate of drug-likeness (QED) is 0.284. The predicted molar refractivity (Wildman–Crippen MR) is 121 cm³/mol. The zero-order valence-electron chi connectivity index (χ0n) is 17.0. The lowest BCUT2D eigenvalue weighted by molar-refractivity contribution is -0.137. The van der Waals surface area contributed by atoms with Crippen molar-refractivity contribution in [2.24, 2.45) is 5.10 Å². The number of carbonyl (C=O) groups is 1. The molecule has 168 valence electrons. The van der Waals surface area contributed by atoms with Crippen molar-refractivity contribution in [1.29, 1.82) is 0 Å². The van der Waals surface area contributed by atoms with Crippen LogP contribution in [-0.2, 0) is 12.7 Å². The highest BCUT2D eigenvalue weighted by atomic mass is 35.5. The highest BCUT2D eigenvalue weighted by Gasteiger charge is 2.30. The zero-order valence-corrected chi connectivity index (χ0v) is 17.7. The Morgan fingerprint density at radius 3 is 2.67 bits per heavy atom. The number of rotatable bonds is 5. The molecule has 9 heteroatoms. The molecule has 0 atom stereocenters. The Morgan fingerprint density at radius 1 is 1.09 bits per heavy atom. The van der Waals surface area contributed by atoms with Crippen LogP contribution >= 0.6 is 11.6 Å². The third-order valence-electron chi connectivity index (χ3n) is 4.99. The molecule has 3 aromatic carbocycles. The summed E-state index contributed by atoms with van der Waals surface area (Å²) in [6.07, 6.45) is -1.10. The Bertz CT molecular complexity index is 1360. The van der Waals surface area contributed by atoms with Crippen LogP contribution in [0, 0.1) is 0 Å². The lowest BCUT2D eigenvalue weighted by Crippen LogP contribution is -2.17. The Balaban J connectivity index is 1.46. The number of hydrogen-bond acceptors (Lipinski definition) is 3. The number of amides is 1. The van der Waals surface area contributed by atoms with Crippen LogP contribution in [0.1, 0.15) is 27.0 Å². The number of carbonyl (C=O) groups excluding carboxylic acids is 1. The maximum Gasteiger partial charge on any atom is 0.416 e. The van der Waals surface area contributed by atoms with Crippen molar-refractivity contribution in [2.45, 2.75) is 12.7 Å². The van der Waals surface area contributed by atoms with Crippen molar-refractivity contribution in [3.63, 3.8) is 0 Å². The van der Waals surface area contributed by atoms with E-state index >= 15 is 0 Å². The van der Waals surface area contributed by atoms with Gasteiger partial charge >= 0.3 is 6.18 Å². The molecule has 0 unspecified atom stereocenters. The van der Waals surface area contributed by atoms with E-state index in [4.69, 9.17) is 11.6 Å². The molecule has 1 aromatic heterocycles. The molecule has 1 amide bonds. The molecular formula is C24H17ClF3N3O2. The number of halogens is 4. The first-order chi connectivity index (χ1) is 15.7. The average molecular weight is 472 g/mol. The minimum Gasteiger partial charge on any atom is -0.506 e. The highest BCUT2D eigenvalue weighted by Crippen LogP contribution is 2.30. The van der Waals surface area contributed by atoms with Crippen molar-refractivity contribution >= 4 is 34.6 Å². The van der Waals surface area contributed by atoms with E-state index in [-0.39, 0.29) is 16.3 Å². The summed E-state index contributed by atoms with van der Waals surface area (Å²) in [6.45, 7) is 0.298. The van der Waals surface area contributed by atoms with Gasteiger partial charge in [0.15, 0.2) is 0 Å². The second-order valence-electron chi connectivity index (χ2n) is 7.33. The molecule has 0 spiro atoms.